The zero-order valence-corrected chi connectivity index (χ0v) is 45.5. The first-order valence-corrected chi connectivity index (χ1v) is 8.44. The SMILES string of the molecule is Nc1cc[nH+]cc1.Nc1cc[nH+]cc1.Nc1cc[nH+]cc1.Nc1cc[nH+]cc1.[Mo].[Mo].[Mo].[Mo].[Mo].[Mo].[Mo].[Mo].[O-2].[O-2].[O-2].[O-2].[O-2].[O-2].[O-2].[O-2].[O-2].[O-2].[O-2].[O-2].[O-2].[O-2].[O-2].[O-2].[O-2].[O-2].[O-2].[O-2].[O-2].[O-2].[O-2].[O-2].[O-2].[O-2]. The first kappa shape index (κ1) is 293. The van der Waals surface area contributed by atoms with Crippen molar-refractivity contribution in [1.82, 2.24) is 0 Å². The van der Waals surface area contributed by atoms with Crippen molar-refractivity contribution in [1.29, 1.82) is 0 Å². The Balaban J connectivity index is -0.00000000445. The quantitative estimate of drug-likeness (QED) is 0.136. The Hall–Kier alpha value is 0.266. The van der Waals surface area contributed by atoms with Gasteiger partial charge in [-0.05, 0) is 0 Å². The van der Waals surface area contributed by atoms with Gasteiger partial charge in [-0.3, -0.25) is 0 Å². The van der Waals surface area contributed by atoms with Crippen LogP contribution in [0.4, 0.5) is 22.7 Å². The smallest absolute Gasteiger partial charge is 0.169 e. The van der Waals surface area contributed by atoms with E-state index < -0.39 is 0 Å². The largest absolute Gasteiger partial charge is 2.00 e. The fourth-order valence-electron chi connectivity index (χ4n) is 1.60. The van der Waals surface area contributed by atoms with Crippen LogP contribution >= 0.6 is 0 Å². The maximum Gasteiger partial charge on any atom is 0.169 e. The number of anilines is 4. The standard InChI is InChI=1S/4C5H6N2.8Mo.26O/c4*6-5-1-3-7-4-2-5;;;;;;;;;;;;;;;;;;;;;;;;;;;;;;;;;;/h4*1-4H,(H2,6,7);;;;;;;;;;;;;;;;;;;;;;;;;;;;;;;;;;/q;;;;;;;;;;;;26*-2/p+4. The summed E-state index contributed by atoms with van der Waals surface area (Å²) >= 11 is 0. The van der Waals surface area contributed by atoms with Crippen LogP contribution in [-0.4, -0.2) is 0 Å². The van der Waals surface area contributed by atoms with Crippen LogP contribution < -0.4 is 42.9 Å². The molecule has 0 aliphatic heterocycles. The van der Waals surface area contributed by atoms with Crippen molar-refractivity contribution in [3.05, 3.63) is 98.1 Å². The van der Waals surface area contributed by atoms with E-state index in [1.165, 1.54) is 0 Å². The minimum Gasteiger partial charge on any atom is -2.00 e. The minimum atomic E-state index is 0. The fourth-order valence-corrected chi connectivity index (χ4v) is 1.60. The van der Waals surface area contributed by atoms with Gasteiger partial charge in [0.25, 0.3) is 0 Å². The normalized spacial score (nSPS) is 3.87. The summed E-state index contributed by atoms with van der Waals surface area (Å²) < 4.78 is 0. The summed E-state index contributed by atoms with van der Waals surface area (Å²) in [5, 5.41) is 0. The predicted molar refractivity (Wildman–Crippen MR) is 127 cm³/mol. The van der Waals surface area contributed by atoms with Crippen molar-refractivity contribution >= 4 is 22.7 Å². The molecule has 4 aromatic heterocycles. The average Bonchev–Trinajstić information content (AvgIpc) is 2.72. The van der Waals surface area contributed by atoms with Crippen molar-refractivity contribution in [2.24, 2.45) is 0 Å². The molecule has 0 saturated carbocycles. The first-order chi connectivity index (χ1) is 13.6. The molecule has 0 fully saturated rings. The second-order valence-corrected chi connectivity index (χ2v) is 5.33. The third kappa shape index (κ3) is 203. The number of hydrogen-bond donors (Lipinski definition) is 4. The monoisotopic (exact) mass is 1580 g/mol. The molecule has 12 N–H and O–H groups in total. The third-order valence-electron chi connectivity index (χ3n) is 2.98. The Morgan fingerprint density at radius 2 is 0.242 bits per heavy atom. The molecule has 62 heavy (non-hydrogen) atoms. The molecule has 0 radical (unpaired) electrons. The minimum absolute atomic E-state index is 0. The topological polar surface area (TPSA) is 902 Å². The average molecular weight is 1560 g/mol. The molecule has 0 aliphatic carbocycles. The molecule has 34 nitrogen and oxygen atoms in total. The van der Waals surface area contributed by atoms with Crippen LogP contribution in [0.25, 0.3) is 0 Å². The van der Waals surface area contributed by atoms with Gasteiger partial charge in [-0.25, -0.2) is 19.9 Å². The Kier molecular flexibility index (Phi) is 1010. The zero-order chi connectivity index (χ0) is 20.5. The zero-order valence-electron chi connectivity index (χ0n) is 29.4. The summed E-state index contributed by atoms with van der Waals surface area (Å²) in [6, 6.07) is 14.4. The van der Waals surface area contributed by atoms with E-state index in [0.29, 0.717) is 0 Å². The molecule has 4 heterocycles. The van der Waals surface area contributed by atoms with Crippen LogP contribution in [-0.2, 0) is 311 Å². The molecule has 0 spiro atoms. The van der Waals surface area contributed by atoms with Crippen LogP contribution in [0, 0.1) is 0 Å². The van der Waals surface area contributed by atoms with Crippen LogP contribution in [0.3, 0.4) is 0 Å². The number of aromatic amines is 4. The molecule has 0 saturated heterocycles. The Labute approximate surface area is 469 Å². The van der Waals surface area contributed by atoms with Gasteiger partial charge in [-0.2, -0.15) is 0 Å². The predicted octanol–water partition coefficient (Wildman–Crippen LogP) is -2.78. The Morgan fingerprint density at radius 3 is 0.274 bits per heavy atom. The molecule has 0 aliphatic rings. The summed E-state index contributed by atoms with van der Waals surface area (Å²) in [6.07, 6.45) is 14.3. The van der Waals surface area contributed by atoms with Gasteiger partial charge < -0.3 is 165 Å². The summed E-state index contributed by atoms with van der Waals surface area (Å²) in [5.41, 5.74) is 24.5. The summed E-state index contributed by atoms with van der Waals surface area (Å²) in [4.78, 5) is 11.4. The molecule has 0 amide bonds. The Morgan fingerprint density at radius 1 is 0.177 bits per heavy atom. The summed E-state index contributed by atoms with van der Waals surface area (Å²) in [6.45, 7) is 0. The van der Waals surface area contributed by atoms with E-state index in [1.807, 2.05) is 0 Å². The van der Waals surface area contributed by atoms with Gasteiger partial charge in [-0.1, -0.05) is 0 Å². The summed E-state index contributed by atoms with van der Waals surface area (Å²) in [7, 11) is 0. The molecular formula is C20H28Mo8N8O26-48. The molecule has 0 bridgehead atoms. The van der Waals surface area contributed by atoms with Crippen molar-refractivity contribution in [3.63, 3.8) is 0 Å². The van der Waals surface area contributed by atoms with Gasteiger partial charge in [0.15, 0.2) is 49.6 Å². The molecule has 4 aromatic rings. The molecule has 4 rings (SSSR count). The number of nitrogens with one attached hydrogen (secondary N) is 4. The van der Waals surface area contributed by atoms with E-state index in [9.17, 15) is 0 Å². The van der Waals surface area contributed by atoms with Crippen molar-refractivity contribution in [2.45, 2.75) is 0 Å². The number of nitrogens with two attached hydrogens (primary N) is 4. The summed E-state index contributed by atoms with van der Waals surface area (Å²) in [5.74, 6) is 0. The van der Waals surface area contributed by atoms with Crippen LogP contribution in [0.5, 0.6) is 0 Å². The second-order valence-electron chi connectivity index (χ2n) is 5.33. The second kappa shape index (κ2) is 214. The third-order valence-corrected chi connectivity index (χ3v) is 2.98. The first-order valence-electron chi connectivity index (χ1n) is 8.44. The Bertz CT molecular complexity index is 782. The maximum absolute atomic E-state index is 5.34. The van der Waals surface area contributed by atoms with E-state index in [0.717, 1.165) is 22.7 Å². The number of nitrogen functional groups attached to an aromatic ring is 4. The van der Waals surface area contributed by atoms with Gasteiger partial charge >= 0.3 is 0 Å². The van der Waals surface area contributed by atoms with Gasteiger partial charge in [0.2, 0.25) is 0 Å². The van der Waals surface area contributed by atoms with E-state index in [-0.39, 0.29) is 311 Å². The fraction of sp³-hybridized carbons (Fsp3) is 0. The van der Waals surface area contributed by atoms with Crippen LogP contribution in [0.2, 0.25) is 0 Å². The number of rotatable bonds is 0. The molecule has 0 atom stereocenters. The number of H-pyrrole nitrogens is 4. The molecule has 400 valence electrons. The molecule has 0 aromatic carbocycles. The van der Waals surface area contributed by atoms with E-state index >= 15 is 0 Å². The number of pyridine rings is 4. The van der Waals surface area contributed by atoms with Gasteiger partial charge in [-0.15, -0.1) is 0 Å². The van der Waals surface area contributed by atoms with Gasteiger partial charge in [0.1, 0.15) is 0 Å². The van der Waals surface area contributed by atoms with Crippen molar-refractivity contribution in [3.8, 4) is 0 Å². The van der Waals surface area contributed by atoms with Gasteiger partial charge in [0.05, 0.1) is 0 Å². The van der Waals surface area contributed by atoms with Crippen LogP contribution in [0.1, 0.15) is 0 Å². The number of aromatic nitrogens is 4. The number of hydrogen-bond acceptors (Lipinski definition) is 4. The molecule has 42 heteroatoms. The van der Waals surface area contributed by atoms with E-state index in [4.69, 9.17) is 22.9 Å². The van der Waals surface area contributed by atoms with E-state index in [1.54, 1.807) is 98.1 Å². The van der Waals surface area contributed by atoms with Crippen molar-refractivity contribution in [2.75, 3.05) is 22.9 Å². The maximum atomic E-state index is 5.34. The molecule has 0 unspecified atom stereocenters. The van der Waals surface area contributed by atoms with Crippen LogP contribution in [0.15, 0.2) is 98.1 Å². The van der Waals surface area contributed by atoms with Crippen molar-refractivity contribution < 1.29 is 331 Å². The molecular weight excluding hydrogens is 1540 g/mol. The van der Waals surface area contributed by atoms with Gasteiger partial charge in [0, 0.05) is 240 Å². The van der Waals surface area contributed by atoms with E-state index in [2.05, 4.69) is 19.9 Å².